The lowest BCUT2D eigenvalue weighted by Gasteiger charge is -2.33. The molecule has 1 saturated heterocycles. The lowest BCUT2D eigenvalue weighted by Crippen LogP contribution is -2.48. The van der Waals surface area contributed by atoms with Crippen molar-refractivity contribution in [1.82, 2.24) is 19.4 Å². The second-order valence-electron chi connectivity index (χ2n) is 6.86. The van der Waals surface area contributed by atoms with Crippen molar-refractivity contribution in [3.8, 4) is 0 Å². The Balaban J connectivity index is 1.79. The standard InChI is InChI=1S/C17H18F6N4O3S/c1-2-14-24-25-15(30-14)10-26-3-5-27(6-4-26)31(28,29)13-8-11(16(18,19)20)7-12(9-13)17(21,22)23/h7-9H,2-6,10H2,1H3. The van der Waals surface area contributed by atoms with Crippen molar-refractivity contribution >= 4 is 10.0 Å². The molecular formula is C17H18F6N4O3S. The lowest BCUT2D eigenvalue weighted by atomic mass is 10.1. The molecular weight excluding hydrogens is 454 g/mol. The van der Waals surface area contributed by atoms with E-state index in [2.05, 4.69) is 10.2 Å². The van der Waals surface area contributed by atoms with Crippen molar-refractivity contribution in [1.29, 1.82) is 0 Å². The fourth-order valence-electron chi connectivity index (χ4n) is 3.04. The Kier molecular flexibility index (Phi) is 6.35. The number of nitrogens with zero attached hydrogens (tertiary/aromatic N) is 4. The first-order valence-corrected chi connectivity index (χ1v) is 10.6. The molecule has 7 nitrogen and oxygen atoms in total. The minimum absolute atomic E-state index is 0.105. The third-order valence-corrected chi connectivity index (χ3v) is 6.58. The molecule has 172 valence electrons. The largest absolute Gasteiger partial charge is 0.424 e. The number of aromatic nitrogens is 2. The Hall–Kier alpha value is -2.19. The fourth-order valence-corrected chi connectivity index (χ4v) is 4.53. The van der Waals surface area contributed by atoms with Crippen molar-refractivity contribution < 1.29 is 39.2 Å². The Morgan fingerprint density at radius 2 is 1.42 bits per heavy atom. The van der Waals surface area contributed by atoms with E-state index < -0.39 is 38.4 Å². The van der Waals surface area contributed by atoms with Gasteiger partial charge in [-0.15, -0.1) is 10.2 Å². The van der Waals surface area contributed by atoms with Crippen LogP contribution in [0.1, 0.15) is 29.8 Å². The second-order valence-corrected chi connectivity index (χ2v) is 8.80. The van der Waals surface area contributed by atoms with Crippen LogP contribution in [-0.4, -0.2) is 54.0 Å². The van der Waals surface area contributed by atoms with Crippen LogP contribution in [0.2, 0.25) is 0 Å². The normalized spacial score (nSPS) is 17.3. The van der Waals surface area contributed by atoms with Crippen molar-refractivity contribution in [3.63, 3.8) is 0 Å². The van der Waals surface area contributed by atoms with E-state index in [0.717, 1.165) is 4.31 Å². The van der Waals surface area contributed by atoms with Crippen molar-refractivity contribution in [3.05, 3.63) is 41.1 Å². The highest BCUT2D eigenvalue weighted by molar-refractivity contribution is 7.89. The highest BCUT2D eigenvalue weighted by Crippen LogP contribution is 2.37. The lowest BCUT2D eigenvalue weighted by molar-refractivity contribution is -0.143. The molecule has 0 bridgehead atoms. The minimum atomic E-state index is -5.13. The van der Waals surface area contributed by atoms with Crippen LogP contribution >= 0.6 is 0 Å². The average Bonchev–Trinajstić information content (AvgIpc) is 3.14. The molecule has 3 rings (SSSR count). The molecule has 0 radical (unpaired) electrons. The minimum Gasteiger partial charge on any atom is -0.424 e. The van der Waals surface area contributed by atoms with Gasteiger partial charge in [-0.2, -0.15) is 30.6 Å². The van der Waals surface area contributed by atoms with Crippen molar-refractivity contribution in [2.45, 2.75) is 37.1 Å². The summed E-state index contributed by atoms with van der Waals surface area (Å²) in [5.41, 5.74) is -3.36. The predicted molar refractivity (Wildman–Crippen MR) is 94.2 cm³/mol. The van der Waals surface area contributed by atoms with Gasteiger partial charge in [-0.3, -0.25) is 4.90 Å². The maximum atomic E-state index is 13.0. The van der Waals surface area contributed by atoms with E-state index in [1.165, 1.54) is 0 Å². The van der Waals surface area contributed by atoms with Crippen LogP contribution in [0.4, 0.5) is 26.3 Å². The van der Waals surface area contributed by atoms with E-state index in [1.54, 1.807) is 4.90 Å². The number of hydrogen-bond donors (Lipinski definition) is 0. The number of aryl methyl sites for hydroxylation is 1. The molecule has 0 saturated carbocycles. The molecule has 1 aromatic carbocycles. The van der Waals surface area contributed by atoms with Gasteiger partial charge in [0.25, 0.3) is 0 Å². The maximum absolute atomic E-state index is 13.0. The first-order chi connectivity index (χ1) is 14.3. The second kappa shape index (κ2) is 8.39. The van der Waals surface area contributed by atoms with Gasteiger partial charge in [-0.05, 0) is 18.2 Å². The summed E-state index contributed by atoms with van der Waals surface area (Å²) in [6.07, 6.45) is -9.72. The molecule has 1 aliphatic heterocycles. The zero-order chi connectivity index (χ0) is 23.0. The molecule has 0 aliphatic carbocycles. The number of piperazine rings is 1. The molecule has 1 aromatic heterocycles. The van der Waals surface area contributed by atoms with Gasteiger partial charge in [0, 0.05) is 32.6 Å². The molecule has 0 unspecified atom stereocenters. The van der Waals surface area contributed by atoms with Gasteiger partial charge >= 0.3 is 12.4 Å². The van der Waals surface area contributed by atoms with Crippen molar-refractivity contribution in [2.24, 2.45) is 0 Å². The van der Waals surface area contributed by atoms with Gasteiger partial charge < -0.3 is 4.42 Å². The Labute approximate surface area is 173 Å². The van der Waals surface area contributed by atoms with Gasteiger partial charge in [0.2, 0.25) is 21.8 Å². The predicted octanol–water partition coefficient (Wildman–Crippen LogP) is 3.18. The van der Waals surface area contributed by atoms with E-state index in [0.29, 0.717) is 18.2 Å². The van der Waals surface area contributed by atoms with Crippen molar-refractivity contribution in [2.75, 3.05) is 26.2 Å². The maximum Gasteiger partial charge on any atom is 0.416 e. The number of sulfonamides is 1. The van der Waals surface area contributed by atoms with Crippen LogP contribution in [0.15, 0.2) is 27.5 Å². The molecule has 2 aromatic rings. The van der Waals surface area contributed by atoms with Crippen LogP contribution < -0.4 is 0 Å². The third-order valence-electron chi connectivity index (χ3n) is 4.70. The Bertz CT molecular complexity index is 995. The zero-order valence-electron chi connectivity index (χ0n) is 16.2. The first kappa shape index (κ1) is 23.5. The molecule has 0 N–H and O–H groups in total. The van der Waals surface area contributed by atoms with Gasteiger partial charge in [0.1, 0.15) is 0 Å². The summed E-state index contributed by atoms with van der Waals surface area (Å²) in [6, 6.07) is 0.342. The smallest absolute Gasteiger partial charge is 0.416 e. The number of alkyl halides is 6. The van der Waals surface area contributed by atoms with E-state index in [4.69, 9.17) is 4.42 Å². The molecule has 2 heterocycles. The summed E-state index contributed by atoms with van der Waals surface area (Å²) in [7, 11) is -4.57. The topological polar surface area (TPSA) is 79.5 Å². The molecule has 1 aliphatic rings. The summed E-state index contributed by atoms with van der Waals surface area (Å²) in [5, 5.41) is 7.68. The van der Waals surface area contributed by atoms with Gasteiger partial charge in [-0.1, -0.05) is 6.92 Å². The quantitative estimate of drug-likeness (QED) is 0.622. The van der Waals surface area contributed by atoms with Crippen LogP contribution in [0.25, 0.3) is 0 Å². The van der Waals surface area contributed by atoms with Crippen LogP contribution in [-0.2, 0) is 35.3 Å². The zero-order valence-corrected chi connectivity index (χ0v) is 17.0. The van der Waals surface area contributed by atoms with E-state index >= 15 is 0 Å². The van der Waals surface area contributed by atoms with Gasteiger partial charge in [0.15, 0.2) is 0 Å². The van der Waals surface area contributed by atoms with E-state index in [1.807, 2.05) is 6.92 Å². The van der Waals surface area contributed by atoms with Gasteiger partial charge in [-0.25, -0.2) is 8.42 Å². The summed E-state index contributed by atoms with van der Waals surface area (Å²) in [6.45, 7) is 2.23. The molecule has 14 heteroatoms. The molecule has 0 spiro atoms. The summed E-state index contributed by atoms with van der Waals surface area (Å²) in [5.74, 6) is 0.780. The molecule has 0 atom stereocenters. The Morgan fingerprint density at radius 1 is 0.903 bits per heavy atom. The number of benzene rings is 1. The third kappa shape index (κ3) is 5.36. The molecule has 31 heavy (non-hydrogen) atoms. The van der Waals surface area contributed by atoms with Crippen LogP contribution in [0, 0.1) is 0 Å². The highest BCUT2D eigenvalue weighted by atomic mass is 32.2. The molecule has 0 amide bonds. The number of hydrogen-bond acceptors (Lipinski definition) is 6. The fraction of sp³-hybridized carbons (Fsp3) is 0.529. The van der Waals surface area contributed by atoms with Crippen LogP contribution in [0.3, 0.4) is 0 Å². The number of halogens is 6. The first-order valence-electron chi connectivity index (χ1n) is 9.14. The van der Waals surface area contributed by atoms with E-state index in [9.17, 15) is 34.8 Å². The Morgan fingerprint density at radius 3 is 1.87 bits per heavy atom. The molecule has 1 fully saturated rings. The summed E-state index contributed by atoms with van der Waals surface area (Å²) < 4.78 is 110. The SMILES string of the molecule is CCc1nnc(CN2CCN(S(=O)(=O)c3cc(C(F)(F)F)cc(C(F)(F)F)c3)CC2)o1. The summed E-state index contributed by atoms with van der Waals surface area (Å²) >= 11 is 0. The number of rotatable bonds is 5. The monoisotopic (exact) mass is 472 g/mol. The summed E-state index contributed by atoms with van der Waals surface area (Å²) in [4.78, 5) is 0.749. The average molecular weight is 472 g/mol. The van der Waals surface area contributed by atoms with Gasteiger partial charge in [0.05, 0.1) is 22.6 Å². The highest BCUT2D eigenvalue weighted by Gasteiger charge is 2.39. The van der Waals surface area contributed by atoms with Crippen LogP contribution in [0.5, 0.6) is 0 Å². The van der Waals surface area contributed by atoms with E-state index in [-0.39, 0.29) is 50.9 Å².